The Bertz CT molecular complexity index is 3060. The SMILES string of the molecule is C(=NCc1ccccc1)c1ccc(-c2ccccc2)c2sc3c(-c4ccccc4)cc(-c4ccccc4)cc3c12.C=NC(=N)c1cccc2oc3ccccc3c12. The highest BCUT2D eigenvalue weighted by atomic mass is 32.1. The van der Waals surface area contributed by atoms with Crippen molar-refractivity contribution in [2.45, 2.75) is 6.54 Å². The lowest BCUT2D eigenvalue weighted by Crippen LogP contribution is -1.94. The van der Waals surface area contributed by atoms with E-state index in [0.717, 1.165) is 33.1 Å². The van der Waals surface area contributed by atoms with Crippen molar-refractivity contribution in [3.63, 3.8) is 0 Å². The summed E-state index contributed by atoms with van der Waals surface area (Å²) < 4.78 is 8.33. The molecule has 0 atom stereocenters. The minimum absolute atomic E-state index is 0.169. The molecule has 0 saturated carbocycles. The van der Waals surface area contributed by atoms with Crippen molar-refractivity contribution in [1.82, 2.24) is 0 Å². The van der Waals surface area contributed by atoms with Crippen LogP contribution in [0.15, 0.2) is 202 Å². The van der Waals surface area contributed by atoms with Crippen molar-refractivity contribution in [1.29, 1.82) is 5.41 Å². The zero-order chi connectivity index (χ0) is 38.6. The van der Waals surface area contributed by atoms with E-state index in [0.29, 0.717) is 6.54 Å². The smallest absolute Gasteiger partial charge is 0.151 e. The molecular weight excluding hydrogens is 715 g/mol. The Labute approximate surface area is 335 Å². The van der Waals surface area contributed by atoms with Gasteiger partial charge in [0, 0.05) is 53.8 Å². The normalized spacial score (nSPS) is 11.3. The first-order valence-corrected chi connectivity index (χ1v) is 19.7. The number of thiophene rings is 1. The number of aliphatic imine (C=N–C) groups is 2. The van der Waals surface area contributed by atoms with Crippen LogP contribution >= 0.6 is 11.3 Å². The summed E-state index contributed by atoms with van der Waals surface area (Å²) >= 11 is 1.89. The van der Waals surface area contributed by atoms with Gasteiger partial charge in [0.1, 0.15) is 11.2 Å². The minimum Gasteiger partial charge on any atom is -0.456 e. The van der Waals surface area contributed by atoms with Crippen LogP contribution in [0.25, 0.3) is 75.5 Å². The van der Waals surface area contributed by atoms with Gasteiger partial charge in [-0.25, -0.2) is 4.99 Å². The molecule has 0 aliphatic rings. The number of amidine groups is 1. The highest BCUT2D eigenvalue weighted by molar-refractivity contribution is 7.27. The predicted octanol–water partition coefficient (Wildman–Crippen LogP) is 14.3. The molecule has 2 aromatic heterocycles. The monoisotopic (exact) mass is 751 g/mol. The lowest BCUT2D eigenvalue weighted by molar-refractivity contribution is 0.669. The van der Waals surface area contributed by atoms with Gasteiger partial charge in [0.15, 0.2) is 5.84 Å². The van der Waals surface area contributed by atoms with Gasteiger partial charge in [0.25, 0.3) is 0 Å². The Hall–Kier alpha value is -7.21. The minimum atomic E-state index is 0.169. The van der Waals surface area contributed by atoms with Gasteiger partial charge in [-0.3, -0.25) is 10.4 Å². The molecule has 10 aromatic rings. The van der Waals surface area contributed by atoms with Crippen molar-refractivity contribution < 1.29 is 4.42 Å². The van der Waals surface area contributed by atoms with Gasteiger partial charge in [-0.15, -0.1) is 11.3 Å². The number of rotatable bonds is 7. The van der Waals surface area contributed by atoms with E-state index in [9.17, 15) is 0 Å². The molecule has 0 bridgehead atoms. The molecule has 0 fully saturated rings. The second-order valence-electron chi connectivity index (χ2n) is 13.7. The van der Waals surface area contributed by atoms with Crippen molar-refractivity contribution in [3.05, 3.63) is 205 Å². The molecule has 0 spiro atoms. The largest absolute Gasteiger partial charge is 0.456 e. The van der Waals surface area contributed by atoms with E-state index in [1.807, 2.05) is 59.9 Å². The van der Waals surface area contributed by atoms with Crippen molar-refractivity contribution in [3.8, 4) is 33.4 Å². The molecule has 0 aliphatic heterocycles. The first kappa shape index (κ1) is 35.5. The topological polar surface area (TPSA) is 61.7 Å². The zero-order valence-electron chi connectivity index (χ0n) is 31.1. The molecule has 4 nitrogen and oxygen atoms in total. The number of nitrogens with one attached hydrogen (secondary N) is 1. The van der Waals surface area contributed by atoms with Gasteiger partial charge in [-0.2, -0.15) is 0 Å². The molecule has 0 unspecified atom stereocenters. The molecule has 0 amide bonds. The van der Waals surface area contributed by atoms with Crippen LogP contribution in [0.2, 0.25) is 0 Å². The summed E-state index contributed by atoms with van der Waals surface area (Å²) in [7, 11) is 0. The third-order valence-electron chi connectivity index (χ3n) is 10.2. The van der Waals surface area contributed by atoms with Gasteiger partial charge in [0.05, 0.1) is 6.54 Å². The van der Waals surface area contributed by atoms with E-state index in [1.165, 1.54) is 59.1 Å². The summed E-state index contributed by atoms with van der Waals surface area (Å²) in [6.45, 7) is 4.07. The molecule has 0 saturated heterocycles. The van der Waals surface area contributed by atoms with Crippen molar-refractivity contribution >= 4 is 72.2 Å². The van der Waals surface area contributed by atoms with Crippen LogP contribution in [0.5, 0.6) is 0 Å². The first-order valence-electron chi connectivity index (χ1n) is 18.9. The van der Waals surface area contributed by atoms with Crippen LogP contribution in [-0.4, -0.2) is 18.8 Å². The molecule has 0 radical (unpaired) electrons. The fourth-order valence-electron chi connectivity index (χ4n) is 7.48. The lowest BCUT2D eigenvalue weighted by atomic mass is 9.94. The summed E-state index contributed by atoms with van der Waals surface area (Å²) in [5, 5.41) is 12.3. The van der Waals surface area contributed by atoms with Crippen LogP contribution in [0, 0.1) is 5.41 Å². The average Bonchev–Trinajstić information content (AvgIpc) is 3.87. The van der Waals surface area contributed by atoms with Crippen molar-refractivity contribution in [2.24, 2.45) is 9.98 Å². The van der Waals surface area contributed by atoms with Gasteiger partial charge in [-0.05, 0) is 64.4 Å². The maximum atomic E-state index is 7.80. The number of hydrogen-bond acceptors (Lipinski definition) is 4. The Balaban J connectivity index is 0.000000207. The Morgan fingerprint density at radius 3 is 1.86 bits per heavy atom. The average molecular weight is 752 g/mol. The number of nitrogens with zero attached hydrogens (tertiary/aromatic N) is 2. The van der Waals surface area contributed by atoms with Crippen LogP contribution in [0.4, 0.5) is 0 Å². The summed E-state index contributed by atoms with van der Waals surface area (Å²) in [5.41, 5.74) is 12.2. The summed E-state index contributed by atoms with van der Waals surface area (Å²) in [6.07, 6.45) is 2.06. The maximum absolute atomic E-state index is 7.80. The third kappa shape index (κ3) is 7.08. The summed E-state index contributed by atoms with van der Waals surface area (Å²) in [6, 6.07) is 65.3. The molecule has 10 rings (SSSR count). The van der Waals surface area contributed by atoms with E-state index in [-0.39, 0.29) is 5.84 Å². The summed E-state index contributed by atoms with van der Waals surface area (Å²) in [5.74, 6) is 0.169. The molecule has 1 N–H and O–H groups in total. The Kier molecular flexibility index (Phi) is 9.88. The Morgan fingerprint density at radius 2 is 1.16 bits per heavy atom. The fourth-order valence-corrected chi connectivity index (χ4v) is 8.87. The molecule has 0 aliphatic carbocycles. The van der Waals surface area contributed by atoms with Gasteiger partial charge < -0.3 is 4.42 Å². The van der Waals surface area contributed by atoms with Crippen LogP contribution in [0.1, 0.15) is 16.7 Å². The highest BCUT2D eigenvalue weighted by Gasteiger charge is 2.18. The quantitative estimate of drug-likeness (QED) is 0.128. The molecule has 2 heterocycles. The fraction of sp³-hybridized carbons (Fsp3) is 0.0192. The standard InChI is InChI=1S/C38H27NS.C14H10N2O/c1-5-13-27(14-6-1)25-39-26-31-21-22-33(29-17-9-3-10-18-29)38-36(31)35-24-32(28-15-7-2-8-16-28)23-34(37(35)40-38)30-19-11-4-12-20-30;1-16-14(15)10-6-4-8-12-13(10)9-5-2-3-7-11(9)17-12/h1-24,26H,25H2;2-8,15H,1H2. The van der Waals surface area contributed by atoms with Gasteiger partial charge in [-0.1, -0.05) is 164 Å². The van der Waals surface area contributed by atoms with E-state index in [4.69, 9.17) is 14.8 Å². The first-order chi connectivity index (χ1) is 28.2. The number of fused-ring (bicyclic) bond motifs is 6. The maximum Gasteiger partial charge on any atom is 0.151 e. The number of para-hydroxylation sites is 1. The second kappa shape index (κ2) is 15.9. The number of furan rings is 1. The van der Waals surface area contributed by atoms with Crippen LogP contribution < -0.4 is 0 Å². The molecule has 272 valence electrons. The Morgan fingerprint density at radius 1 is 0.544 bits per heavy atom. The second-order valence-corrected chi connectivity index (χ2v) is 14.8. The molecule has 8 aromatic carbocycles. The van der Waals surface area contributed by atoms with Gasteiger partial charge in [0.2, 0.25) is 0 Å². The zero-order valence-corrected chi connectivity index (χ0v) is 31.9. The van der Waals surface area contributed by atoms with E-state index < -0.39 is 0 Å². The van der Waals surface area contributed by atoms with Gasteiger partial charge >= 0.3 is 0 Å². The van der Waals surface area contributed by atoms with Crippen LogP contribution in [-0.2, 0) is 6.54 Å². The molecular formula is C52H37N3OS. The highest BCUT2D eigenvalue weighted by Crippen LogP contribution is 2.46. The predicted molar refractivity (Wildman–Crippen MR) is 243 cm³/mol. The number of benzene rings is 8. The van der Waals surface area contributed by atoms with Crippen molar-refractivity contribution in [2.75, 3.05) is 0 Å². The van der Waals surface area contributed by atoms with E-state index in [1.54, 1.807) is 0 Å². The third-order valence-corrected chi connectivity index (χ3v) is 11.5. The molecule has 57 heavy (non-hydrogen) atoms. The summed E-state index contributed by atoms with van der Waals surface area (Å²) in [4.78, 5) is 8.58. The van der Waals surface area contributed by atoms with E-state index in [2.05, 4.69) is 157 Å². The molecule has 5 heteroatoms. The van der Waals surface area contributed by atoms with E-state index >= 15 is 0 Å². The number of hydrogen-bond donors (Lipinski definition) is 1. The lowest BCUT2D eigenvalue weighted by Gasteiger charge is -2.09. The van der Waals surface area contributed by atoms with Crippen LogP contribution in [0.3, 0.4) is 0 Å².